The summed E-state index contributed by atoms with van der Waals surface area (Å²) in [5, 5.41) is 10.0. The number of rotatable bonds is 7. The van der Waals surface area contributed by atoms with Crippen LogP contribution >= 0.6 is 11.8 Å². The molecule has 1 amide bonds. The molecule has 0 unspecified atom stereocenters. The lowest BCUT2D eigenvalue weighted by atomic mass is 9.95. The maximum Gasteiger partial charge on any atom is 0.343 e. The zero-order chi connectivity index (χ0) is 18.4. The Balaban J connectivity index is 1.58. The largest absolute Gasteiger partial charge is 0.352 e. The molecule has 1 aliphatic carbocycles. The minimum Gasteiger partial charge on any atom is -0.352 e. The van der Waals surface area contributed by atoms with Crippen LogP contribution in [0.4, 0.5) is 0 Å². The molecular weight excluding hydrogens is 348 g/mol. The van der Waals surface area contributed by atoms with Gasteiger partial charge in [0.1, 0.15) is 0 Å². The van der Waals surface area contributed by atoms with E-state index in [4.69, 9.17) is 0 Å². The molecule has 7 heteroatoms. The van der Waals surface area contributed by atoms with Crippen LogP contribution in [0.1, 0.15) is 44.6 Å². The lowest BCUT2D eigenvalue weighted by Crippen LogP contribution is -2.40. The van der Waals surface area contributed by atoms with Crippen LogP contribution < -0.4 is 11.0 Å². The number of hydrogen-bond donors (Lipinski definition) is 2. The van der Waals surface area contributed by atoms with Gasteiger partial charge in [-0.1, -0.05) is 61.4 Å². The molecule has 2 N–H and O–H groups in total. The zero-order valence-electron chi connectivity index (χ0n) is 15.1. The summed E-state index contributed by atoms with van der Waals surface area (Å²) in [4.78, 5) is 24.5. The van der Waals surface area contributed by atoms with Crippen molar-refractivity contribution in [3.05, 3.63) is 46.4 Å². The zero-order valence-corrected chi connectivity index (χ0v) is 15.9. The number of aromatic amines is 1. The third-order valence-electron chi connectivity index (χ3n) is 4.79. The number of H-pyrrole nitrogens is 1. The van der Waals surface area contributed by atoms with Crippen molar-refractivity contribution in [1.82, 2.24) is 20.1 Å². The van der Waals surface area contributed by atoms with Gasteiger partial charge in [-0.15, -0.1) is 5.10 Å². The van der Waals surface area contributed by atoms with Crippen molar-refractivity contribution in [1.29, 1.82) is 0 Å². The summed E-state index contributed by atoms with van der Waals surface area (Å²) in [7, 11) is 0. The van der Waals surface area contributed by atoms with E-state index in [9.17, 15) is 9.59 Å². The van der Waals surface area contributed by atoms with Crippen molar-refractivity contribution in [2.75, 3.05) is 0 Å². The minimum atomic E-state index is -0.289. The van der Waals surface area contributed by atoms with Gasteiger partial charge in [-0.25, -0.2) is 9.89 Å². The number of nitrogens with zero attached hydrogens (tertiary/aromatic N) is 2. The molecule has 1 aromatic carbocycles. The summed E-state index contributed by atoms with van der Waals surface area (Å²) in [5.41, 5.74) is 0.933. The van der Waals surface area contributed by atoms with E-state index in [1.54, 1.807) is 4.57 Å². The predicted octanol–water partition coefficient (Wildman–Crippen LogP) is 2.74. The number of nitrogens with one attached hydrogen (secondary N) is 2. The van der Waals surface area contributed by atoms with Gasteiger partial charge in [0.05, 0.1) is 5.25 Å². The molecule has 6 nitrogen and oxygen atoms in total. The molecule has 2 aromatic rings. The molecule has 1 fully saturated rings. The fourth-order valence-electron chi connectivity index (χ4n) is 3.25. The maximum atomic E-state index is 12.5. The number of amides is 1. The Kier molecular flexibility index (Phi) is 6.55. The lowest BCUT2D eigenvalue weighted by molar-refractivity contribution is -0.121. The number of thioether (sulfide) groups is 1. The molecule has 0 bridgehead atoms. The summed E-state index contributed by atoms with van der Waals surface area (Å²) in [5.74, 6) is 0.0203. The first-order valence-electron chi connectivity index (χ1n) is 9.29. The highest BCUT2D eigenvalue weighted by Crippen LogP contribution is 2.22. The second-order valence-corrected chi connectivity index (χ2v) is 8.11. The van der Waals surface area contributed by atoms with Gasteiger partial charge in [0.2, 0.25) is 5.91 Å². The highest BCUT2D eigenvalue weighted by atomic mass is 32.2. The first-order chi connectivity index (χ1) is 12.6. The normalized spacial score (nSPS) is 16.3. The fourth-order valence-corrected chi connectivity index (χ4v) is 4.14. The van der Waals surface area contributed by atoms with E-state index in [0.29, 0.717) is 17.7 Å². The summed E-state index contributed by atoms with van der Waals surface area (Å²) in [6.07, 6.45) is 6.50. The van der Waals surface area contributed by atoms with Crippen molar-refractivity contribution >= 4 is 17.7 Å². The second-order valence-electron chi connectivity index (χ2n) is 6.80. The number of benzene rings is 1. The van der Waals surface area contributed by atoms with Crippen molar-refractivity contribution in [2.24, 2.45) is 0 Å². The Morgan fingerprint density at radius 1 is 1.31 bits per heavy atom. The van der Waals surface area contributed by atoms with Gasteiger partial charge in [0, 0.05) is 12.6 Å². The lowest BCUT2D eigenvalue weighted by Gasteiger charge is -2.24. The molecule has 26 heavy (non-hydrogen) atoms. The van der Waals surface area contributed by atoms with E-state index in [1.165, 1.54) is 36.6 Å². The number of aromatic nitrogens is 3. The minimum absolute atomic E-state index is 0.0203. The first kappa shape index (κ1) is 18.8. The number of aryl methyl sites for hydroxylation is 1. The molecule has 1 aromatic heterocycles. The topological polar surface area (TPSA) is 79.8 Å². The Morgan fingerprint density at radius 3 is 2.77 bits per heavy atom. The quantitative estimate of drug-likeness (QED) is 0.731. The molecule has 0 saturated heterocycles. The number of carbonyl (C=O) groups is 1. The van der Waals surface area contributed by atoms with Crippen LogP contribution in [0, 0.1) is 0 Å². The van der Waals surface area contributed by atoms with Crippen LogP contribution in [0.3, 0.4) is 0 Å². The molecule has 3 rings (SSSR count). The molecule has 1 heterocycles. The van der Waals surface area contributed by atoms with Gasteiger partial charge in [-0.05, 0) is 31.7 Å². The van der Waals surface area contributed by atoms with E-state index in [-0.39, 0.29) is 16.8 Å². The summed E-state index contributed by atoms with van der Waals surface area (Å²) < 4.78 is 1.61. The Labute approximate surface area is 157 Å². The van der Waals surface area contributed by atoms with Crippen LogP contribution in [-0.4, -0.2) is 32.0 Å². The van der Waals surface area contributed by atoms with Crippen molar-refractivity contribution in [3.8, 4) is 0 Å². The Morgan fingerprint density at radius 2 is 2.04 bits per heavy atom. The van der Waals surface area contributed by atoms with Crippen LogP contribution in [0.2, 0.25) is 0 Å². The molecule has 0 radical (unpaired) electrons. The van der Waals surface area contributed by atoms with Crippen molar-refractivity contribution in [3.63, 3.8) is 0 Å². The molecule has 1 atom stereocenters. The highest BCUT2D eigenvalue weighted by molar-refractivity contribution is 8.00. The molecule has 140 valence electrons. The van der Waals surface area contributed by atoms with Gasteiger partial charge in [-0.3, -0.25) is 9.36 Å². The van der Waals surface area contributed by atoms with Crippen LogP contribution in [0.5, 0.6) is 0 Å². The van der Waals surface area contributed by atoms with Gasteiger partial charge < -0.3 is 5.32 Å². The van der Waals surface area contributed by atoms with Crippen LogP contribution in [0.15, 0.2) is 40.3 Å². The predicted molar refractivity (Wildman–Crippen MR) is 103 cm³/mol. The molecule has 0 spiro atoms. The smallest absolute Gasteiger partial charge is 0.343 e. The monoisotopic (exact) mass is 374 g/mol. The number of carbonyl (C=O) groups excluding carboxylic acids is 1. The van der Waals surface area contributed by atoms with Gasteiger partial charge in [0.15, 0.2) is 5.16 Å². The summed E-state index contributed by atoms with van der Waals surface area (Å²) >= 11 is 1.33. The first-order valence-corrected chi connectivity index (χ1v) is 10.2. The van der Waals surface area contributed by atoms with Gasteiger partial charge in [0.25, 0.3) is 0 Å². The molecule has 1 saturated carbocycles. The fraction of sp³-hybridized carbons (Fsp3) is 0.526. The van der Waals surface area contributed by atoms with Crippen LogP contribution in [0.25, 0.3) is 0 Å². The SMILES string of the molecule is C[C@@H](Sc1n[nH]c(=O)n1CCc1ccccc1)C(=O)NC1CCCCC1. The van der Waals surface area contributed by atoms with Gasteiger partial charge >= 0.3 is 5.69 Å². The average molecular weight is 375 g/mol. The van der Waals surface area contributed by atoms with E-state index in [0.717, 1.165) is 19.3 Å². The summed E-state index contributed by atoms with van der Waals surface area (Å²) in [6.45, 7) is 2.40. The van der Waals surface area contributed by atoms with Crippen molar-refractivity contribution in [2.45, 2.75) is 68.4 Å². The Bertz CT molecular complexity index is 765. The molecule has 0 aliphatic heterocycles. The molecular formula is C19H26N4O2S. The summed E-state index contributed by atoms with van der Waals surface area (Å²) in [6, 6.07) is 10.3. The highest BCUT2D eigenvalue weighted by Gasteiger charge is 2.22. The number of hydrogen-bond acceptors (Lipinski definition) is 4. The third kappa shape index (κ3) is 5.00. The van der Waals surface area contributed by atoms with E-state index >= 15 is 0 Å². The van der Waals surface area contributed by atoms with Crippen LogP contribution in [-0.2, 0) is 17.8 Å². The average Bonchev–Trinajstić information content (AvgIpc) is 3.01. The van der Waals surface area contributed by atoms with E-state index < -0.39 is 0 Å². The van der Waals surface area contributed by atoms with E-state index in [2.05, 4.69) is 15.5 Å². The maximum absolute atomic E-state index is 12.5. The van der Waals surface area contributed by atoms with Gasteiger partial charge in [-0.2, -0.15) is 0 Å². The standard InChI is InChI=1S/C19H26N4O2S/c1-14(17(24)20-16-10-6-3-7-11-16)26-19-22-21-18(25)23(19)13-12-15-8-4-2-5-9-15/h2,4-5,8-9,14,16H,3,6-7,10-13H2,1H3,(H,20,24)(H,21,25)/t14-/m1/s1. The van der Waals surface area contributed by atoms with Crippen molar-refractivity contribution < 1.29 is 4.79 Å². The second kappa shape index (κ2) is 9.07. The Hall–Kier alpha value is -2.02. The molecule has 1 aliphatic rings. The van der Waals surface area contributed by atoms with E-state index in [1.807, 2.05) is 37.3 Å². The third-order valence-corrected chi connectivity index (χ3v) is 5.88.